The fourth-order valence-electron chi connectivity index (χ4n) is 2.10. The van der Waals surface area contributed by atoms with E-state index in [1.54, 1.807) is 7.11 Å². The Morgan fingerprint density at radius 1 is 1.10 bits per heavy atom. The van der Waals surface area contributed by atoms with Gasteiger partial charge in [0.15, 0.2) is 0 Å². The van der Waals surface area contributed by atoms with Crippen LogP contribution in [0, 0.1) is 6.92 Å². The molecule has 3 heteroatoms. The molecule has 106 valence electrons. The lowest BCUT2D eigenvalue weighted by Gasteiger charge is -2.15. The second-order valence-corrected chi connectivity index (χ2v) is 4.78. The molecule has 3 nitrogen and oxygen atoms in total. The Kier molecular flexibility index (Phi) is 5.16. The normalized spacial score (nSPS) is 12.2. The van der Waals surface area contributed by atoms with Gasteiger partial charge in [0.1, 0.15) is 18.5 Å². The van der Waals surface area contributed by atoms with Crippen molar-refractivity contribution >= 4 is 0 Å². The quantitative estimate of drug-likeness (QED) is 0.877. The van der Waals surface area contributed by atoms with Crippen LogP contribution in [0.5, 0.6) is 5.75 Å². The van der Waals surface area contributed by atoms with Crippen LogP contribution in [-0.4, -0.2) is 18.8 Å². The van der Waals surface area contributed by atoms with Gasteiger partial charge in [-0.25, -0.2) is 0 Å². The Balaban J connectivity index is 2.09. The summed E-state index contributed by atoms with van der Waals surface area (Å²) in [5.41, 5.74) is 2.98. The summed E-state index contributed by atoms with van der Waals surface area (Å²) in [5.74, 6) is 0.834. The second-order valence-electron chi connectivity index (χ2n) is 4.78. The molecule has 0 radical (unpaired) electrons. The first-order chi connectivity index (χ1) is 9.70. The number of benzene rings is 2. The van der Waals surface area contributed by atoms with Gasteiger partial charge in [-0.05, 0) is 35.7 Å². The van der Waals surface area contributed by atoms with Crippen LogP contribution in [0.1, 0.15) is 22.8 Å². The minimum atomic E-state index is -0.627. The number of rotatable bonds is 6. The van der Waals surface area contributed by atoms with Crippen molar-refractivity contribution in [2.24, 2.45) is 0 Å². The minimum Gasteiger partial charge on any atom is -0.489 e. The van der Waals surface area contributed by atoms with Gasteiger partial charge in [0, 0.05) is 7.11 Å². The van der Waals surface area contributed by atoms with Crippen molar-refractivity contribution < 1.29 is 14.6 Å². The third kappa shape index (κ3) is 3.83. The molecule has 0 amide bonds. The number of aliphatic hydroxyl groups is 1. The Morgan fingerprint density at radius 3 is 2.65 bits per heavy atom. The number of hydrogen-bond acceptors (Lipinski definition) is 3. The summed E-state index contributed by atoms with van der Waals surface area (Å²) in [6.45, 7) is 2.74. The first-order valence-corrected chi connectivity index (χ1v) is 6.65. The summed E-state index contributed by atoms with van der Waals surface area (Å²) in [4.78, 5) is 0. The molecule has 0 aliphatic rings. The van der Waals surface area contributed by atoms with Gasteiger partial charge >= 0.3 is 0 Å². The molecule has 20 heavy (non-hydrogen) atoms. The molecule has 0 aliphatic carbocycles. The Labute approximate surface area is 119 Å². The van der Waals surface area contributed by atoms with Crippen LogP contribution in [0.2, 0.25) is 0 Å². The maximum absolute atomic E-state index is 10.1. The third-order valence-electron chi connectivity index (χ3n) is 3.12. The van der Waals surface area contributed by atoms with E-state index in [2.05, 4.69) is 0 Å². The molecule has 0 aliphatic heterocycles. The van der Waals surface area contributed by atoms with Gasteiger partial charge in [0.05, 0.1) is 6.61 Å². The Bertz CT molecular complexity index is 551. The largest absolute Gasteiger partial charge is 0.489 e. The smallest absolute Gasteiger partial charge is 0.120 e. The van der Waals surface area contributed by atoms with Gasteiger partial charge in [0.25, 0.3) is 0 Å². The fraction of sp³-hybridized carbons (Fsp3) is 0.294. The summed E-state index contributed by atoms with van der Waals surface area (Å²) in [6.07, 6.45) is -0.627. The lowest BCUT2D eigenvalue weighted by molar-refractivity contribution is 0.0632. The molecule has 0 heterocycles. The molecule has 0 bridgehead atoms. The molecule has 1 N–H and O–H groups in total. The van der Waals surface area contributed by atoms with Gasteiger partial charge < -0.3 is 14.6 Å². The van der Waals surface area contributed by atoms with E-state index in [1.165, 1.54) is 0 Å². The van der Waals surface area contributed by atoms with Crippen molar-refractivity contribution in [3.63, 3.8) is 0 Å². The first-order valence-electron chi connectivity index (χ1n) is 6.65. The van der Waals surface area contributed by atoms with Crippen LogP contribution < -0.4 is 4.74 Å². The Morgan fingerprint density at radius 2 is 1.90 bits per heavy atom. The topological polar surface area (TPSA) is 38.7 Å². The standard InChI is InChI=1S/C17H20O3/c1-13-6-5-8-15(10-13)20-11-14-7-3-4-9-16(14)17(18)12-19-2/h3-10,17-18H,11-12H2,1-2H3. The van der Waals surface area contributed by atoms with E-state index in [-0.39, 0.29) is 6.61 Å². The summed E-state index contributed by atoms with van der Waals surface area (Å²) >= 11 is 0. The van der Waals surface area contributed by atoms with Crippen molar-refractivity contribution in [3.8, 4) is 5.75 Å². The molecule has 2 aromatic carbocycles. The van der Waals surface area contributed by atoms with Crippen molar-refractivity contribution in [1.29, 1.82) is 0 Å². The zero-order valence-corrected chi connectivity index (χ0v) is 11.9. The third-order valence-corrected chi connectivity index (χ3v) is 3.12. The van der Waals surface area contributed by atoms with E-state index in [9.17, 15) is 5.11 Å². The van der Waals surface area contributed by atoms with E-state index in [1.807, 2.05) is 55.5 Å². The predicted octanol–water partition coefficient (Wildman–Crippen LogP) is 3.25. The highest BCUT2D eigenvalue weighted by atomic mass is 16.5. The van der Waals surface area contributed by atoms with E-state index < -0.39 is 6.10 Å². The van der Waals surface area contributed by atoms with E-state index in [4.69, 9.17) is 9.47 Å². The highest BCUT2D eigenvalue weighted by Crippen LogP contribution is 2.21. The van der Waals surface area contributed by atoms with E-state index in [0.717, 1.165) is 22.4 Å². The van der Waals surface area contributed by atoms with E-state index in [0.29, 0.717) is 6.61 Å². The van der Waals surface area contributed by atoms with Gasteiger partial charge in [-0.2, -0.15) is 0 Å². The monoisotopic (exact) mass is 272 g/mol. The summed E-state index contributed by atoms with van der Waals surface area (Å²) in [5, 5.41) is 10.1. The highest BCUT2D eigenvalue weighted by Gasteiger charge is 2.12. The van der Waals surface area contributed by atoms with E-state index >= 15 is 0 Å². The molecule has 1 atom stereocenters. The molecule has 0 spiro atoms. The van der Waals surface area contributed by atoms with Crippen LogP contribution in [0.4, 0.5) is 0 Å². The minimum absolute atomic E-state index is 0.279. The number of ether oxygens (including phenoxy) is 2. The number of hydrogen-bond donors (Lipinski definition) is 1. The summed E-state index contributed by atoms with van der Waals surface area (Å²) in [6, 6.07) is 15.6. The second kappa shape index (κ2) is 7.08. The van der Waals surface area contributed by atoms with Crippen LogP contribution in [0.25, 0.3) is 0 Å². The van der Waals surface area contributed by atoms with Crippen molar-refractivity contribution in [2.45, 2.75) is 19.6 Å². The first kappa shape index (κ1) is 14.6. The molecule has 1 unspecified atom stereocenters. The molecule has 0 saturated carbocycles. The molecule has 0 fully saturated rings. The van der Waals surface area contributed by atoms with Crippen molar-refractivity contribution in [2.75, 3.05) is 13.7 Å². The van der Waals surface area contributed by atoms with Crippen molar-refractivity contribution in [3.05, 3.63) is 65.2 Å². The lowest BCUT2D eigenvalue weighted by Crippen LogP contribution is -2.09. The summed E-state index contributed by atoms with van der Waals surface area (Å²) in [7, 11) is 1.58. The zero-order valence-electron chi connectivity index (χ0n) is 11.9. The zero-order chi connectivity index (χ0) is 14.4. The molecule has 2 aromatic rings. The van der Waals surface area contributed by atoms with Crippen molar-refractivity contribution in [1.82, 2.24) is 0 Å². The number of aryl methyl sites for hydroxylation is 1. The average Bonchev–Trinajstić information content (AvgIpc) is 2.46. The van der Waals surface area contributed by atoms with Gasteiger partial charge in [-0.1, -0.05) is 36.4 Å². The SMILES string of the molecule is COCC(O)c1ccccc1COc1cccc(C)c1. The number of methoxy groups -OCH3 is 1. The van der Waals surface area contributed by atoms with Crippen LogP contribution in [0.3, 0.4) is 0 Å². The fourth-order valence-corrected chi connectivity index (χ4v) is 2.10. The van der Waals surface area contributed by atoms with Gasteiger partial charge in [0.2, 0.25) is 0 Å². The predicted molar refractivity (Wildman–Crippen MR) is 78.8 cm³/mol. The molecule has 0 aromatic heterocycles. The van der Waals surface area contributed by atoms with Crippen LogP contribution in [0.15, 0.2) is 48.5 Å². The van der Waals surface area contributed by atoms with Crippen LogP contribution >= 0.6 is 0 Å². The lowest BCUT2D eigenvalue weighted by atomic mass is 10.0. The van der Waals surface area contributed by atoms with Gasteiger partial charge in [-0.3, -0.25) is 0 Å². The summed E-state index contributed by atoms with van der Waals surface area (Å²) < 4.78 is 10.8. The maximum atomic E-state index is 10.1. The molecule has 2 rings (SSSR count). The average molecular weight is 272 g/mol. The van der Waals surface area contributed by atoms with Gasteiger partial charge in [-0.15, -0.1) is 0 Å². The molecule has 0 saturated heterocycles. The van der Waals surface area contributed by atoms with Crippen LogP contribution in [-0.2, 0) is 11.3 Å². The molecular weight excluding hydrogens is 252 g/mol. The molecular formula is C17H20O3. The maximum Gasteiger partial charge on any atom is 0.120 e. The number of aliphatic hydroxyl groups excluding tert-OH is 1. The highest BCUT2D eigenvalue weighted by molar-refractivity contribution is 5.31. The Hall–Kier alpha value is -1.84.